The quantitative estimate of drug-likeness (QED) is 0.329. The molecule has 0 saturated carbocycles. The first-order chi connectivity index (χ1) is 17.3. The van der Waals surface area contributed by atoms with Crippen molar-refractivity contribution in [1.82, 2.24) is 24.4 Å². The van der Waals surface area contributed by atoms with Crippen molar-refractivity contribution in [2.45, 2.75) is 32.0 Å². The van der Waals surface area contributed by atoms with E-state index in [1.54, 1.807) is 0 Å². The molecule has 0 atom stereocenters. The summed E-state index contributed by atoms with van der Waals surface area (Å²) in [6, 6.07) is 23.4. The van der Waals surface area contributed by atoms with E-state index in [0.717, 1.165) is 60.2 Å². The number of fused-ring (bicyclic) bond motifs is 1. The largest absolute Gasteiger partial charge is 0.473 e. The summed E-state index contributed by atoms with van der Waals surface area (Å²) in [6.07, 6.45) is 10.1. The number of imidazole rings is 1. The van der Waals surface area contributed by atoms with Gasteiger partial charge in [0.25, 0.3) is 0 Å². The fraction of sp³-hybridized carbons (Fsp3) is 0.241. The van der Waals surface area contributed by atoms with Gasteiger partial charge in [0, 0.05) is 48.9 Å². The Labute approximate surface area is 205 Å². The molecule has 1 N–H and O–H groups in total. The maximum Gasteiger partial charge on any atom is 0.214 e. The van der Waals surface area contributed by atoms with E-state index in [2.05, 4.69) is 73.1 Å². The van der Waals surface area contributed by atoms with Gasteiger partial charge in [-0.3, -0.25) is 4.90 Å². The number of ether oxygens (including phenoxy) is 1. The Morgan fingerprint density at radius 3 is 2.43 bits per heavy atom. The van der Waals surface area contributed by atoms with Crippen LogP contribution in [0.5, 0.6) is 5.88 Å². The lowest BCUT2D eigenvalue weighted by Gasteiger charge is -2.33. The zero-order valence-corrected chi connectivity index (χ0v) is 19.7. The highest BCUT2D eigenvalue weighted by molar-refractivity contribution is 5.94. The van der Waals surface area contributed by atoms with Crippen molar-refractivity contribution in [3.8, 4) is 17.1 Å². The summed E-state index contributed by atoms with van der Waals surface area (Å²) in [6.45, 7) is 3.70. The van der Waals surface area contributed by atoms with Crippen LogP contribution in [0, 0.1) is 0 Å². The summed E-state index contributed by atoms with van der Waals surface area (Å²) in [5.74, 6) is 0.627. The maximum absolute atomic E-state index is 6.00. The molecule has 35 heavy (non-hydrogen) atoms. The van der Waals surface area contributed by atoms with E-state index in [4.69, 9.17) is 4.74 Å². The van der Waals surface area contributed by atoms with Gasteiger partial charge in [-0.25, -0.2) is 9.97 Å². The molecule has 1 saturated heterocycles. The SMILES string of the molecule is c1ccc(COc2cc3c(-c4cncn4C4CCN(Cc5ccccc5)CC4)c[nH]c3cn2)cc1. The van der Waals surface area contributed by atoms with Crippen LogP contribution in [-0.4, -0.2) is 37.5 Å². The van der Waals surface area contributed by atoms with Crippen molar-refractivity contribution in [2.75, 3.05) is 13.1 Å². The summed E-state index contributed by atoms with van der Waals surface area (Å²) < 4.78 is 8.35. The van der Waals surface area contributed by atoms with Crippen molar-refractivity contribution in [1.29, 1.82) is 0 Å². The second-order valence-electron chi connectivity index (χ2n) is 9.22. The maximum atomic E-state index is 6.00. The number of nitrogens with zero attached hydrogens (tertiary/aromatic N) is 4. The zero-order valence-electron chi connectivity index (χ0n) is 19.7. The first-order valence-electron chi connectivity index (χ1n) is 12.3. The van der Waals surface area contributed by atoms with E-state index in [0.29, 0.717) is 18.5 Å². The number of hydrogen-bond donors (Lipinski definition) is 1. The third-order valence-corrected chi connectivity index (χ3v) is 6.91. The fourth-order valence-corrected chi connectivity index (χ4v) is 5.03. The van der Waals surface area contributed by atoms with E-state index >= 15 is 0 Å². The van der Waals surface area contributed by atoms with Crippen LogP contribution in [0.4, 0.5) is 0 Å². The fourth-order valence-electron chi connectivity index (χ4n) is 5.03. The minimum atomic E-state index is 0.445. The predicted octanol–water partition coefficient (Wildman–Crippen LogP) is 5.84. The molecule has 2 aromatic carbocycles. The minimum Gasteiger partial charge on any atom is -0.473 e. The lowest BCUT2D eigenvalue weighted by molar-refractivity contribution is 0.180. The minimum absolute atomic E-state index is 0.445. The van der Waals surface area contributed by atoms with Crippen LogP contribution in [0.3, 0.4) is 0 Å². The predicted molar refractivity (Wildman–Crippen MR) is 138 cm³/mol. The first-order valence-corrected chi connectivity index (χ1v) is 12.3. The molecule has 3 aromatic heterocycles. The molecule has 4 heterocycles. The Kier molecular flexibility index (Phi) is 6.03. The van der Waals surface area contributed by atoms with Gasteiger partial charge in [0.1, 0.15) is 6.61 Å². The van der Waals surface area contributed by atoms with Crippen molar-refractivity contribution in [3.63, 3.8) is 0 Å². The summed E-state index contributed by atoms with van der Waals surface area (Å²) in [4.78, 5) is 15.0. The van der Waals surface area contributed by atoms with Gasteiger partial charge in [0.15, 0.2) is 0 Å². The van der Waals surface area contributed by atoms with Crippen LogP contribution in [0.15, 0.2) is 91.6 Å². The van der Waals surface area contributed by atoms with Crippen LogP contribution in [0.25, 0.3) is 22.2 Å². The molecule has 176 valence electrons. The Hall–Kier alpha value is -3.90. The van der Waals surface area contributed by atoms with Gasteiger partial charge in [-0.05, 0) is 24.0 Å². The Morgan fingerprint density at radius 1 is 0.914 bits per heavy atom. The van der Waals surface area contributed by atoms with E-state index in [1.807, 2.05) is 43.0 Å². The van der Waals surface area contributed by atoms with E-state index in [-0.39, 0.29) is 0 Å². The zero-order chi connectivity index (χ0) is 23.5. The number of piperidine rings is 1. The number of aromatic nitrogens is 4. The molecule has 0 unspecified atom stereocenters. The molecule has 1 aliphatic heterocycles. The molecule has 6 nitrogen and oxygen atoms in total. The third-order valence-electron chi connectivity index (χ3n) is 6.91. The van der Waals surface area contributed by atoms with Gasteiger partial charge in [0.2, 0.25) is 5.88 Å². The van der Waals surface area contributed by atoms with Gasteiger partial charge < -0.3 is 14.3 Å². The molecule has 6 rings (SSSR count). The lowest BCUT2D eigenvalue weighted by Crippen LogP contribution is -2.34. The normalized spacial score (nSPS) is 15.0. The standard InChI is InChI=1S/C29H29N5O/c1-3-7-22(8-4-1)19-33-13-11-24(12-14-33)34-21-30-18-28(34)26-16-31-27-17-32-29(15-25(26)27)35-20-23-9-5-2-6-10-23/h1-10,15-18,21,24,31H,11-14,19-20H2. The number of likely N-dealkylation sites (tertiary alicyclic amines) is 1. The molecular formula is C29H29N5O. The van der Waals surface area contributed by atoms with Crippen molar-refractivity contribution < 1.29 is 4.74 Å². The second kappa shape index (κ2) is 9.76. The molecule has 1 aliphatic rings. The molecule has 6 heteroatoms. The van der Waals surface area contributed by atoms with Gasteiger partial charge in [-0.1, -0.05) is 60.7 Å². The second-order valence-corrected chi connectivity index (χ2v) is 9.22. The first kappa shape index (κ1) is 21.6. The summed E-state index contributed by atoms with van der Waals surface area (Å²) in [5.41, 5.74) is 5.78. The highest BCUT2D eigenvalue weighted by Gasteiger charge is 2.23. The van der Waals surface area contributed by atoms with Crippen LogP contribution in [-0.2, 0) is 13.2 Å². The topological polar surface area (TPSA) is 59.0 Å². The van der Waals surface area contributed by atoms with Gasteiger partial charge in [-0.2, -0.15) is 0 Å². The summed E-state index contributed by atoms with van der Waals surface area (Å²) >= 11 is 0. The van der Waals surface area contributed by atoms with Crippen LogP contribution >= 0.6 is 0 Å². The Balaban J connectivity index is 1.18. The van der Waals surface area contributed by atoms with Crippen molar-refractivity contribution >= 4 is 10.9 Å². The number of rotatable bonds is 7. The van der Waals surface area contributed by atoms with Gasteiger partial charge in [0.05, 0.1) is 29.9 Å². The molecule has 5 aromatic rings. The van der Waals surface area contributed by atoms with Gasteiger partial charge in [-0.15, -0.1) is 0 Å². The Bertz CT molecular complexity index is 1380. The molecule has 0 amide bonds. The summed E-state index contributed by atoms with van der Waals surface area (Å²) in [5, 5.41) is 1.10. The Morgan fingerprint density at radius 2 is 1.66 bits per heavy atom. The number of pyridine rings is 1. The molecule has 1 fully saturated rings. The lowest BCUT2D eigenvalue weighted by atomic mass is 10.0. The number of H-pyrrole nitrogens is 1. The monoisotopic (exact) mass is 463 g/mol. The van der Waals surface area contributed by atoms with Gasteiger partial charge >= 0.3 is 0 Å². The number of hydrogen-bond acceptors (Lipinski definition) is 4. The molecule has 0 radical (unpaired) electrons. The molecule has 0 aliphatic carbocycles. The number of benzene rings is 2. The van der Waals surface area contributed by atoms with E-state index in [9.17, 15) is 0 Å². The van der Waals surface area contributed by atoms with Crippen LogP contribution in [0.1, 0.15) is 30.0 Å². The molecular weight excluding hydrogens is 434 g/mol. The molecule has 0 spiro atoms. The third kappa shape index (κ3) is 4.70. The smallest absolute Gasteiger partial charge is 0.214 e. The highest BCUT2D eigenvalue weighted by Crippen LogP contribution is 2.34. The molecule has 0 bridgehead atoms. The van der Waals surface area contributed by atoms with Crippen molar-refractivity contribution in [2.24, 2.45) is 0 Å². The average Bonchev–Trinajstić information content (AvgIpc) is 3.56. The highest BCUT2D eigenvalue weighted by atomic mass is 16.5. The number of aromatic amines is 1. The average molecular weight is 464 g/mol. The number of nitrogens with one attached hydrogen (secondary N) is 1. The van der Waals surface area contributed by atoms with Crippen LogP contribution in [0.2, 0.25) is 0 Å². The summed E-state index contributed by atoms with van der Waals surface area (Å²) in [7, 11) is 0. The van der Waals surface area contributed by atoms with Crippen LogP contribution < -0.4 is 4.74 Å². The van der Waals surface area contributed by atoms with E-state index < -0.39 is 0 Å². The van der Waals surface area contributed by atoms with Crippen molar-refractivity contribution in [3.05, 3.63) is 103 Å². The van der Waals surface area contributed by atoms with E-state index in [1.165, 1.54) is 5.56 Å².